The number of benzene rings is 3. The van der Waals surface area contributed by atoms with Crippen molar-refractivity contribution < 1.29 is 9.53 Å². The van der Waals surface area contributed by atoms with Gasteiger partial charge in [-0.15, -0.1) is 0 Å². The van der Waals surface area contributed by atoms with Crippen LogP contribution in [0.15, 0.2) is 84.9 Å². The highest BCUT2D eigenvalue weighted by Crippen LogP contribution is 2.31. The number of carbonyl (C=O) groups excluding carboxylic acids is 1. The summed E-state index contributed by atoms with van der Waals surface area (Å²) in [5.41, 5.74) is 6.84. The summed E-state index contributed by atoms with van der Waals surface area (Å²) in [6.07, 6.45) is 0. The van der Waals surface area contributed by atoms with Gasteiger partial charge >= 0.3 is 0 Å². The minimum absolute atomic E-state index is 0.0838. The van der Waals surface area contributed by atoms with Gasteiger partial charge in [-0.2, -0.15) is 0 Å². The minimum atomic E-state index is -0.0877. The molecule has 3 aromatic carbocycles. The number of aromatic nitrogens is 1. The van der Waals surface area contributed by atoms with E-state index < -0.39 is 0 Å². The first-order chi connectivity index (χ1) is 15.5. The van der Waals surface area contributed by atoms with Crippen molar-refractivity contribution in [1.29, 1.82) is 0 Å². The molecule has 1 aromatic heterocycles. The molecule has 1 heterocycles. The Balaban J connectivity index is 1.76. The van der Waals surface area contributed by atoms with Crippen LogP contribution in [-0.4, -0.2) is 17.6 Å². The molecule has 0 fully saturated rings. The van der Waals surface area contributed by atoms with Crippen LogP contribution in [-0.2, 0) is 0 Å². The second-order valence-electron chi connectivity index (χ2n) is 8.03. The minimum Gasteiger partial charge on any atom is -0.497 e. The third-order valence-electron chi connectivity index (χ3n) is 5.82. The molecule has 0 saturated carbocycles. The fourth-order valence-electron chi connectivity index (χ4n) is 3.94. The molecular weight excluding hydrogens is 396 g/mol. The number of rotatable bonds is 6. The van der Waals surface area contributed by atoms with Crippen molar-refractivity contribution in [3.63, 3.8) is 0 Å². The summed E-state index contributed by atoms with van der Waals surface area (Å²) in [4.78, 5) is 13.3. The van der Waals surface area contributed by atoms with Crippen molar-refractivity contribution in [2.24, 2.45) is 0 Å². The van der Waals surface area contributed by atoms with Gasteiger partial charge in [-0.3, -0.25) is 4.79 Å². The number of hydrogen-bond acceptors (Lipinski definition) is 2. The van der Waals surface area contributed by atoms with Crippen molar-refractivity contribution >= 4 is 5.91 Å². The topological polar surface area (TPSA) is 43.3 Å². The van der Waals surface area contributed by atoms with E-state index in [-0.39, 0.29) is 11.9 Å². The maximum atomic E-state index is 13.3. The standard InChI is InChI=1S/C28H28N2O2/c1-19-10-14-24(15-11-19)30-21(3)26(18-27(30)23-12-16-25(32-4)17-13-23)28(31)29-20(2)22-8-6-5-7-9-22/h5-18,20H,1-4H3,(H,29,31). The summed E-state index contributed by atoms with van der Waals surface area (Å²) in [5, 5.41) is 3.15. The quantitative estimate of drug-likeness (QED) is 0.397. The van der Waals surface area contributed by atoms with Gasteiger partial charge in [-0.05, 0) is 74.4 Å². The molecule has 0 aliphatic heterocycles. The van der Waals surface area contributed by atoms with Crippen LogP contribution in [0.2, 0.25) is 0 Å². The van der Waals surface area contributed by atoms with E-state index in [1.807, 2.05) is 74.5 Å². The number of hydrogen-bond donors (Lipinski definition) is 1. The Hall–Kier alpha value is -3.79. The van der Waals surface area contributed by atoms with Crippen LogP contribution in [0.5, 0.6) is 5.75 Å². The van der Waals surface area contributed by atoms with Gasteiger partial charge < -0.3 is 14.6 Å². The molecule has 0 aliphatic carbocycles. The molecule has 4 nitrogen and oxygen atoms in total. The van der Waals surface area contributed by atoms with Crippen molar-refractivity contribution in [2.75, 3.05) is 7.11 Å². The Labute approximate surface area is 189 Å². The Morgan fingerprint density at radius 3 is 2.19 bits per heavy atom. The van der Waals surface area contributed by atoms with Gasteiger partial charge in [0.25, 0.3) is 5.91 Å². The SMILES string of the molecule is COc1ccc(-c2cc(C(=O)NC(C)c3ccccc3)c(C)n2-c2ccc(C)cc2)cc1. The largest absolute Gasteiger partial charge is 0.497 e. The highest BCUT2D eigenvalue weighted by Gasteiger charge is 2.21. The first-order valence-corrected chi connectivity index (χ1v) is 10.8. The first kappa shape index (κ1) is 21.4. The van der Waals surface area contributed by atoms with Crippen LogP contribution >= 0.6 is 0 Å². The molecule has 32 heavy (non-hydrogen) atoms. The number of nitrogens with zero attached hydrogens (tertiary/aromatic N) is 1. The van der Waals surface area contributed by atoms with Crippen LogP contribution in [0.3, 0.4) is 0 Å². The first-order valence-electron chi connectivity index (χ1n) is 10.8. The van der Waals surface area contributed by atoms with E-state index in [9.17, 15) is 4.79 Å². The lowest BCUT2D eigenvalue weighted by Crippen LogP contribution is -2.27. The Morgan fingerprint density at radius 1 is 0.906 bits per heavy atom. The van der Waals surface area contributed by atoms with E-state index >= 15 is 0 Å². The van der Waals surface area contributed by atoms with Crippen molar-refractivity contribution in [1.82, 2.24) is 9.88 Å². The zero-order valence-electron chi connectivity index (χ0n) is 18.9. The molecule has 0 aliphatic rings. The summed E-state index contributed by atoms with van der Waals surface area (Å²) in [6.45, 7) is 6.07. The fourth-order valence-corrected chi connectivity index (χ4v) is 3.94. The molecule has 0 saturated heterocycles. The molecule has 1 atom stereocenters. The number of nitrogens with one attached hydrogen (secondary N) is 1. The molecule has 1 amide bonds. The summed E-state index contributed by atoms with van der Waals surface area (Å²) in [7, 11) is 1.66. The molecule has 1 N–H and O–H groups in total. The fraction of sp³-hybridized carbons (Fsp3) is 0.179. The Morgan fingerprint density at radius 2 is 1.56 bits per heavy atom. The van der Waals surface area contributed by atoms with E-state index in [1.54, 1.807) is 7.11 Å². The van der Waals surface area contributed by atoms with Gasteiger partial charge in [0.2, 0.25) is 0 Å². The van der Waals surface area contributed by atoms with E-state index in [1.165, 1.54) is 5.56 Å². The van der Waals surface area contributed by atoms with Gasteiger partial charge in [0.05, 0.1) is 24.4 Å². The Bertz CT molecular complexity index is 1210. The molecule has 1 unspecified atom stereocenters. The molecule has 4 aromatic rings. The van der Waals surface area contributed by atoms with Crippen molar-refractivity contribution in [3.05, 3.63) is 107 Å². The van der Waals surface area contributed by atoms with Gasteiger partial charge in [0.15, 0.2) is 0 Å². The average molecular weight is 425 g/mol. The van der Waals surface area contributed by atoms with Crippen LogP contribution in [0.1, 0.15) is 40.1 Å². The predicted molar refractivity (Wildman–Crippen MR) is 130 cm³/mol. The highest BCUT2D eigenvalue weighted by atomic mass is 16.5. The lowest BCUT2D eigenvalue weighted by Gasteiger charge is -2.15. The van der Waals surface area contributed by atoms with E-state index in [2.05, 4.69) is 41.1 Å². The summed E-state index contributed by atoms with van der Waals surface area (Å²) < 4.78 is 7.46. The third kappa shape index (κ3) is 4.30. The van der Waals surface area contributed by atoms with Gasteiger partial charge in [-0.1, -0.05) is 48.0 Å². The second-order valence-corrected chi connectivity index (χ2v) is 8.03. The zero-order valence-corrected chi connectivity index (χ0v) is 18.9. The summed E-state index contributed by atoms with van der Waals surface area (Å²) >= 11 is 0. The molecular formula is C28H28N2O2. The lowest BCUT2D eigenvalue weighted by molar-refractivity contribution is 0.0939. The van der Waals surface area contributed by atoms with Crippen LogP contribution in [0, 0.1) is 13.8 Å². The predicted octanol–water partition coefficient (Wildman–Crippen LogP) is 6.26. The number of ether oxygens (including phenoxy) is 1. The summed E-state index contributed by atoms with van der Waals surface area (Å²) in [6, 6.07) is 28.2. The van der Waals surface area contributed by atoms with E-state index in [4.69, 9.17) is 4.74 Å². The van der Waals surface area contributed by atoms with Crippen LogP contribution < -0.4 is 10.1 Å². The molecule has 4 heteroatoms. The second kappa shape index (κ2) is 9.15. The Kier molecular flexibility index (Phi) is 6.13. The van der Waals surface area contributed by atoms with E-state index in [0.29, 0.717) is 5.56 Å². The van der Waals surface area contributed by atoms with Crippen molar-refractivity contribution in [2.45, 2.75) is 26.8 Å². The maximum absolute atomic E-state index is 13.3. The van der Waals surface area contributed by atoms with Crippen molar-refractivity contribution in [3.8, 4) is 22.7 Å². The molecule has 0 radical (unpaired) electrons. The lowest BCUT2D eigenvalue weighted by atomic mass is 10.1. The molecule has 4 rings (SSSR count). The van der Waals surface area contributed by atoms with Crippen LogP contribution in [0.25, 0.3) is 16.9 Å². The normalized spacial score (nSPS) is 11.8. The number of aryl methyl sites for hydroxylation is 1. The summed E-state index contributed by atoms with van der Waals surface area (Å²) in [5.74, 6) is 0.716. The number of methoxy groups -OCH3 is 1. The van der Waals surface area contributed by atoms with Crippen LogP contribution in [0.4, 0.5) is 0 Å². The van der Waals surface area contributed by atoms with Gasteiger partial charge in [-0.25, -0.2) is 0 Å². The van der Waals surface area contributed by atoms with Gasteiger partial charge in [0.1, 0.15) is 5.75 Å². The monoisotopic (exact) mass is 424 g/mol. The number of amides is 1. The molecule has 0 bridgehead atoms. The van der Waals surface area contributed by atoms with E-state index in [0.717, 1.165) is 34.0 Å². The number of carbonyl (C=O) groups is 1. The maximum Gasteiger partial charge on any atom is 0.253 e. The molecule has 162 valence electrons. The molecule has 0 spiro atoms. The third-order valence-corrected chi connectivity index (χ3v) is 5.82. The van der Waals surface area contributed by atoms with Gasteiger partial charge in [0, 0.05) is 11.4 Å². The highest BCUT2D eigenvalue weighted by molar-refractivity contribution is 5.97. The average Bonchev–Trinajstić information content (AvgIpc) is 3.17. The zero-order chi connectivity index (χ0) is 22.7. The smallest absolute Gasteiger partial charge is 0.253 e.